The van der Waals surface area contributed by atoms with Gasteiger partial charge in [0.25, 0.3) is 0 Å². The molecule has 0 aliphatic heterocycles. The second-order valence-corrected chi connectivity index (χ2v) is 5.96. The number of rotatable bonds is 7. The monoisotopic (exact) mass is 277 g/mol. The molecule has 0 unspecified atom stereocenters. The fraction of sp³-hybridized carbons (Fsp3) is 0.357. The summed E-state index contributed by atoms with van der Waals surface area (Å²) in [4.78, 5) is 0.895. The van der Waals surface area contributed by atoms with E-state index in [1.165, 1.54) is 5.56 Å². The quantitative estimate of drug-likeness (QED) is 0.782. The van der Waals surface area contributed by atoms with Crippen molar-refractivity contribution in [3.8, 4) is 0 Å². The Morgan fingerprint density at radius 1 is 1.26 bits per heavy atom. The first kappa shape index (κ1) is 14.0. The zero-order chi connectivity index (χ0) is 13.5. The molecule has 4 nitrogen and oxygen atoms in total. The van der Waals surface area contributed by atoms with E-state index in [-0.39, 0.29) is 0 Å². The fourth-order valence-electron chi connectivity index (χ4n) is 1.76. The number of aryl methyl sites for hydroxylation is 1. The molecule has 1 aromatic carbocycles. The molecule has 5 heteroatoms. The van der Waals surface area contributed by atoms with E-state index in [0.29, 0.717) is 5.75 Å². The van der Waals surface area contributed by atoms with Crippen molar-refractivity contribution in [2.75, 3.05) is 18.8 Å². The minimum absolute atomic E-state index is 0.641. The lowest BCUT2D eigenvalue weighted by Gasteiger charge is -2.05. The van der Waals surface area contributed by atoms with Gasteiger partial charge in [-0.25, -0.2) is 0 Å². The summed E-state index contributed by atoms with van der Waals surface area (Å²) < 4.78 is 13.8. The van der Waals surface area contributed by atoms with Crippen LogP contribution < -0.4 is 5.32 Å². The van der Waals surface area contributed by atoms with Gasteiger partial charge in [0.15, 0.2) is 0 Å². The third-order valence-corrected chi connectivity index (χ3v) is 4.12. The van der Waals surface area contributed by atoms with Crippen LogP contribution in [0.15, 0.2) is 47.6 Å². The highest BCUT2D eigenvalue weighted by Gasteiger charge is 2.01. The lowest BCUT2D eigenvalue weighted by molar-refractivity contribution is 0.565. The van der Waals surface area contributed by atoms with Crippen LogP contribution in [0.5, 0.6) is 0 Å². The van der Waals surface area contributed by atoms with Crippen LogP contribution in [0.1, 0.15) is 5.56 Å². The summed E-state index contributed by atoms with van der Waals surface area (Å²) in [5, 5.41) is 7.50. The van der Waals surface area contributed by atoms with Gasteiger partial charge in [-0.05, 0) is 24.6 Å². The molecule has 19 heavy (non-hydrogen) atoms. The van der Waals surface area contributed by atoms with Crippen LogP contribution >= 0.6 is 0 Å². The number of hydrogen-bond acceptors (Lipinski definition) is 3. The van der Waals surface area contributed by atoms with Crippen LogP contribution in [0.2, 0.25) is 0 Å². The topological polar surface area (TPSA) is 46.9 Å². The summed E-state index contributed by atoms with van der Waals surface area (Å²) in [6.07, 6.45) is 3.87. The predicted octanol–water partition coefficient (Wildman–Crippen LogP) is 1.59. The van der Waals surface area contributed by atoms with Crippen LogP contribution in [0.4, 0.5) is 0 Å². The largest absolute Gasteiger partial charge is 0.314 e. The minimum atomic E-state index is -0.912. The van der Waals surface area contributed by atoms with E-state index in [1.807, 2.05) is 54.3 Å². The van der Waals surface area contributed by atoms with E-state index in [1.54, 1.807) is 0 Å². The summed E-state index contributed by atoms with van der Waals surface area (Å²) in [5.41, 5.74) is 1.17. The molecular weight excluding hydrogens is 258 g/mol. The average Bonchev–Trinajstić information content (AvgIpc) is 2.85. The smallest absolute Gasteiger partial charge is 0.0542 e. The Kier molecular flexibility index (Phi) is 5.30. The van der Waals surface area contributed by atoms with E-state index in [0.717, 1.165) is 24.5 Å². The normalized spacial score (nSPS) is 12.5. The maximum absolute atomic E-state index is 11.9. The third kappa shape index (κ3) is 4.61. The zero-order valence-corrected chi connectivity index (χ0v) is 11.9. The second-order valence-electron chi connectivity index (χ2n) is 4.39. The van der Waals surface area contributed by atoms with Crippen molar-refractivity contribution in [3.63, 3.8) is 0 Å². The Balaban J connectivity index is 1.63. The fourth-order valence-corrected chi connectivity index (χ4v) is 2.79. The molecule has 0 bridgehead atoms. The van der Waals surface area contributed by atoms with Gasteiger partial charge in [0.05, 0.1) is 23.5 Å². The van der Waals surface area contributed by atoms with Gasteiger partial charge in [-0.3, -0.25) is 8.89 Å². The van der Waals surface area contributed by atoms with Crippen molar-refractivity contribution in [1.82, 2.24) is 15.1 Å². The molecule has 102 valence electrons. The van der Waals surface area contributed by atoms with Crippen molar-refractivity contribution in [1.29, 1.82) is 0 Å². The second kappa shape index (κ2) is 7.21. The highest BCUT2D eigenvalue weighted by molar-refractivity contribution is 7.85. The Morgan fingerprint density at radius 2 is 2.05 bits per heavy atom. The third-order valence-electron chi connectivity index (χ3n) is 2.75. The van der Waals surface area contributed by atoms with E-state index >= 15 is 0 Å². The molecule has 2 aromatic rings. The first-order valence-electron chi connectivity index (χ1n) is 6.39. The Labute approximate surface area is 116 Å². The summed E-state index contributed by atoms with van der Waals surface area (Å²) in [6.45, 7) is 4.46. The van der Waals surface area contributed by atoms with Crippen LogP contribution in [0, 0.1) is 6.92 Å². The van der Waals surface area contributed by atoms with E-state index < -0.39 is 10.8 Å². The minimum Gasteiger partial charge on any atom is -0.314 e. The summed E-state index contributed by atoms with van der Waals surface area (Å²) >= 11 is 0. The molecule has 1 heterocycles. The van der Waals surface area contributed by atoms with Crippen molar-refractivity contribution in [3.05, 3.63) is 48.3 Å². The van der Waals surface area contributed by atoms with Gasteiger partial charge in [-0.1, -0.05) is 18.2 Å². The Hall–Kier alpha value is -1.46. The summed E-state index contributed by atoms with van der Waals surface area (Å²) in [5.74, 6) is 0.641. The molecule has 0 saturated carbocycles. The number of aromatic nitrogens is 2. The first-order valence-corrected chi connectivity index (χ1v) is 7.71. The molecule has 1 atom stereocenters. The SMILES string of the molecule is Cc1cnn(CCNCC[S@](=O)c2ccccc2)c1. The van der Waals surface area contributed by atoms with Gasteiger partial charge in [-0.2, -0.15) is 5.10 Å². The van der Waals surface area contributed by atoms with Crippen molar-refractivity contribution in [2.45, 2.75) is 18.4 Å². The Morgan fingerprint density at radius 3 is 2.74 bits per heavy atom. The molecule has 0 saturated heterocycles. The maximum atomic E-state index is 11.9. The molecule has 0 fully saturated rings. The molecule has 0 spiro atoms. The van der Waals surface area contributed by atoms with Crippen molar-refractivity contribution >= 4 is 10.8 Å². The molecule has 0 amide bonds. The zero-order valence-electron chi connectivity index (χ0n) is 11.1. The number of benzene rings is 1. The maximum Gasteiger partial charge on any atom is 0.0542 e. The highest BCUT2D eigenvalue weighted by atomic mass is 32.2. The van der Waals surface area contributed by atoms with E-state index in [9.17, 15) is 4.21 Å². The molecule has 0 aliphatic carbocycles. The van der Waals surface area contributed by atoms with Crippen molar-refractivity contribution in [2.24, 2.45) is 0 Å². The Bertz CT molecular complexity index is 524. The van der Waals surface area contributed by atoms with Crippen LogP contribution in [-0.4, -0.2) is 32.8 Å². The summed E-state index contributed by atoms with van der Waals surface area (Å²) in [7, 11) is -0.912. The average molecular weight is 277 g/mol. The van der Waals surface area contributed by atoms with E-state index in [2.05, 4.69) is 10.4 Å². The molecule has 2 rings (SSSR count). The van der Waals surface area contributed by atoms with Gasteiger partial charge in [-0.15, -0.1) is 0 Å². The van der Waals surface area contributed by atoms with Gasteiger partial charge in [0.2, 0.25) is 0 Å². The van der Waals surface area contributed by atoms with Gasteiger partial charge in [0, 0.05) is 29.9 Å². The van der Waals surface area contributed by atoms with Gasteiger partial charge in [0.1, 0.15) is 0 Å². The highest BCUT2D eigenvalue weighted by Crippen LogP contribution is 2.04. The van der Waals surface area contributed by atoms with Crippen molar-refractivity contribution < 1.29 is 4.21 Å². The lowest BCUT2D eigenvalue weighted by atomic mass is 10.4. The predicted molar refractivity (Wildman–Crippen MR) is 77.6 cm³/mol. The van der Waals surface area contributed by atoms with Crippen LogP contribution in [0.3, 0.4) is 0 Å². The van der Waals surface area contributed by atoms with Gasteiger partial charge < -0.3 is 5.32 Å². The van der Waals surface area contributed by atoms with E-state index in [4.69, 9.17) is 0 Å². The molecule has 1 aromatic heterocycles. The molecule has 1 N–H and O–H groups in total. The summed E-state index contributed by atoms with van der Waals surface area (Å²) in [6, 6.07) is 9.58. The van der Waals surface area contributed by atoms with Crippen LogP contribution in [0.25, 0.3) is 0 Å². The molecule has 0 aliphatic rings. The first-order chi connectivity index (χ1) is 9.25. The number of hydrogen-bond donors (Lipinski definition) is 1. The standard InChI is InChI=1S/C14H19N3OS/c1-13-11-16-17(12-13)9-7-15-8-10-19(18)14-5-3-2-4-6-14/h2-6,11-12,15H,7-10H2,1H3/t19-/m0/s1. The number of nitrogens with zero attached hydrogens (tertiary/aromatic N) is 2. The lowest BCUT2D eigenvalue weighted by Crippen LogP contribution is -2.24. The molecule has 0 radical (unpaired) electrons. The van der Waals surface area contributed by atoms with Crippen LogP contribution in [-0.2, 0) is 17.3 Å². The molecular formula is C14H19N3OS. The number of nitrogens with one attached hydrogen (secondary N) is 1. The van der Waals surface area contributed by atoms with Gasteiger partial charge >= 0.3 is 0 Å².